The van der Waals surface area contributed by atoms with Crippen molar-refractivity contribution in [1.82, 2.24) is 14.8 Å². The molecule has 1 unspecified atom stereocenters. The van der Waals surface area contributed by atoms with Crippen molar-refractivity contribution in [2.24, 2.45) is 0 Å². The molecule has 0 N–H and O–H groups in total. The molecule has 7 heteroatoms. The van der Waals surface area contributed by atoms with Gasteiger partial charge in [0, 0.05) is 12.5 Å². The third kappa shape index (κ3) is 2.58. The monoisotopic (exact) mass is 249 g/mol. The van der Waals surface area contributed by atoms with Crippen LogP contribution in [0.2, 0.25) is 0 Å². The minimum atomic E-state index is -4.79. The van der Waals surface area contributed by atoms with Gasteiger partial charge < -0.3 is 0 Å². The van der Waals surface area contributed by atoms with E-state index in [1.807, 2.05) is 20.8 Å². The summed E-state index contributed by atoms with van der Waals surface area (Å²) >= 11 is 0. The van der Waals surface area contributed by atoms with Crippen LogP contribution in [0.1, 0.15) is 45.4 Å². The summed E-state index contributed by atoms with van der Waals surface area (Å²) in [6.45, 7) is 6.16. The van der Waals surface area contributed by atoms with Crippen molar-refractivity contribution in [3.63, 3.8) is 0 Å². The Balaban J connectivity index is 3.27. The highest BCUT2D eigenvalue weighted by atomic mass is 32.3. The highest BCUT2D eigenvalue weighted by molar-refractivity contribution is 7.86. The van der Waals surface area contributed by atoms with Crippen molar-refractivity contribution in [2.75, 3.05) is 0 Å². The molecule has 16 heavy (non-hydrogen) atoms. The van der Waals surface area contributed by atoms with Gasteiger partial charge in [-0.15, -0.1) is 10.2 Å². The Kier molecular flexibility index (Phi) is 4.01. The molecule has 1 rings (SSSR count). The SMILES string of the molecule is CCCn1c(C(C)CC)nnc1S(=O)(=O)F. The van der Waals surface area contributed by atoms with Crippen LogP contribution in [-0.4, -0.2) is 23.2 Å². The molecular weight excluding hydrogens is 233 g/mol. The zero-order valence-electron chi connectivity index (χ0n) is 9.64. The van der Waals surface area contributed by atoms with Gasteiger partial charge in [0.25, 0.3) is 5.16 Å². The highest BCUT2D eigenvalue weighted by Crippen LogP contribution is 2.21. The summed E-state index contributed by atoms with van der Waals surface area (Å²) < 4.78 is 36.0. The minimum Gasteiger partial charge on any atom is -0.299 e. The molecule has 1 atom stereocenters. The van der Waals surface area contributed by atoms with Crippen LogP contribution in [0, 0.1) is 0 Å². The Hall–Kier alpha value is -0.980. The predicted octanol–water partition coefficient (Wildman–Crippen LogP) is 1.86. The molecule has 0 aliphatic rings. The van der Waals surface area contributed by atoms with Gasteiger partial charge in [-0.3, -0.25) is 4.57 Å². The van der Waals surface area contributed by atoms with Crippen LogP contribution in [0.15, 0.2) is 5.16 Å². The Bertz CT molecular complexity index is 455. The van der Waals surface area contributed by atoms with Crippen LogP contribution in [0.4, 0.5) is 3.89 Å². The first-order valence-corrected chi connectivity index (χ1v) is 6.67. The predicted molar refractivity (Wildman–Crippen MR) is 57.3 cm³/mol. The van der Waals surface area contributed by atoms with Crippen molar-refractivity contribution in [1.29, 1.82) is 0 Å². The molecule has 0 spiro atoms. The maximum atomic E-state index is 12.9. The topological polar surface area (TPSA) is 64.8 Å². The third-order valence-corrected chi connectivity index (χ3v) is 3.20. The van der Waals surface area contributed by atoms with E-state index in [0.717, 1.165) is 6.42 Å². The van der Waals surface area contributed by atoms with Gasteiger partial charge in [0.05, 0.1) is 0 Å². The Morgan fingerprint density at radius 1 is 1.38 bits per heavy atom. The average Bonchev–Trinajstić information content (AvgIpc) is 2.60. The lowest BCUT2D eigenvalue weighted by molar-refractivity contribution is 0.505. The summed E-state index contributed by atoms with van der Waals surface area (Å²) in [5.41, 5.74) is 0. The zero-order valence-corrected chi connectivity index (χ0v) is 10.5. The van der Waals surface area contributed by atoms with Crippen molar-refractivity contribution >= 4 is 10.2 Å². The lowest BCUT2D eigenvalue weighted by atomic mass is 10.1. The smallest absolute Gasteiger partial charge is 0.299 e. The van der Waals surface area contributed by atoms with Gasteiger partial charge >= 0.3 is 10.2 Å². The second kappa shape index (κ2) is 4.90. The Labute approximate surface area is 94.9 Å². The first kappa shape index (κ1) is 13.1. The second-order valence-corrected chi connectivity index (χ2v) is 4.98. The van der Waals surface area contributed by atoms with Crippen molar-refractivity contribution in [3.8, 4) is 0 Å². The van der Waals surface area contributed by atoms with Crippen LogP contribution in [-0.2, 0) is 16.8 Å². The van der Waals surface area contributed by atoms with E-state index in [9.17, 15) is 12.3 Å². The van der Waals surface area contributed by atoms with Crippen LogP contribution in [0.5, 0.6) is 0 Å². The Morgan fingerprint density at radius 2 is 2.00 bits per heavy atom. The maximum absolute atomic E-state index is 12.9. The maximum Gasteiger partial charge on any atom is 0.368 e. The van der Waals surface area contributed by atoms with E-state index >= 15 is 0 Å². The molecule has 0 bridgehead atoms. The van der Waals surface area contributed by atoms with E-state index in [4.69, 9.17) is 0 Å². The van der Waals surface area contributed by atoms with E-state index in [1.165, 1.54) is 4.57 Å². The minimum absolute atomic E-state index is 0.0644. The van der Waals surface area contributed by atoms with E-state index in [2.05, 4.69) is 10.2 Å². The lowest BCUT2D eigenvalue weighted by Crippen LogP contribution is -2.11. The molecule has 0 fully saturated rings. The van der Waals surface area contributed by atoms with E-state index in [0.29, 0.717) is 18.8 Å². The molecule has 0 saturated carbocycles. The fourth-order valence-electron chi connectivity index (χ4n) is 1.46. The summed E-state index contributed by atoms with van der Waals surface area (Å²) in [4.78, 5) is 0. The fraction of sp³-hybridized carbons (Fsp3) is 0.778. The number of hydrogen-bond acceptors (Lipinski definition) is 4. The van der Waals surface area contributed by atoms with Gasteiger partial charge in [0.2, 0.25) is 0 Å². The fourth-order valence-corrected chi connectivity index (χ4v) is 2.05. The van der Waals surface area contributed by atoms with Crippen molar-refractivity contribution in [2.45, 2.75) is 51.2 Å². The molecule has 1 aromatic rings. The first-order valence-electron chi connectivity index (χ1n) is 5.29. The summed E-state index contributed by atoms with van der Waals surface area (Å²) in [5.74, 6) is 0.593. The molecule has 0 radical (unpaired) electrons. The number of rotatable bonds is 5. The van der Waals surface area contributed by atoms with E-state index in [1.54, 1.807) is 0 Å². The van der Waals surface area contributed by atoms with Crippen LogP contribution >= 0.6 is 0 Å². The summed E-state index contributed by atoms with van der Waals surface area (Å²) in [6.07, 6.45) is 1.50. The zero-order chi connectivity index (χ0) is 12.3. The standard InChI is InChI=1S/C9H16FN3O2S/c1-4-6-13-8(7(3)5-2)11-12-9(13)16(10,14)15/h7H,4-6H2,1-3H3. The van der Waals surface area contributed by atoms with Gasteiger partial charge in [0.15, 0.2) is 0 Å². The lowest BCUT2D eigenvalue weighted by Gasteiger charge is -2.10. The largest absolute Gasteiger partial charge is 0.368 e. The summed E-state index contributed by atoms with van der Waals surface area (Å²) in [6, 6.07) is 0. The molecule has 0 saturated heterocycles. The van der Waals surface area contributed by atoms with Crippen molar-refractivity contribution < 1.29 is 12.3 Å². The molecule has 5 nitrogen and oxygen atoms in total. The molecule has 1 aromatic heterocycles. The first-order chi connectivity index (χ1) is 7.41. The number of halogens is 1. The quantitative estimate of drug-likeness (QED) is 0.747. The molecule has 0 aliphatic heterocycles. The molecule has 0 aliphatic carbocycles. The number of nitrogens with zero attached hydrogens (tertiary/aromatic N) is 3. The van der Waals surface area contributed by atoms with Gasteiger partial charge in [-0.2, -0.15) is 8.42 Å². The summed E-state index contributed by atoms with van der Waals surface area (Å²) in [7, 11) is -4.79. The average molecular weight is 249 g/mol. The molecule has 0 amide bonds. The summed E-state index contributed by atoms with van der Waals surface area (Å²) in [5, 5.41) is 6.61. The Morgan fingerprint density at radius 3 is 2.44 bits per heavy atom. The molecule has 1 heterocycles. The van der Waals surface area contributed by atoms with Crippen LogP contribution in [0.3, 0.4) is 0 Å². The van der Waals surface area contributed by atoms with Crippen LogP contribution in [0.25, 0.3) is 0 Å². The van der Waals surface area contributed by atoms with Crippen molar-refractivity contribution in [3.05, 3.63) is 5.82 Å². The normalized spacial score (nSPS) is 14.0. The number of hydrogen-bond donors (Lipinski definition) is 0. The molecule has 0 aromatic carbocycles. The van der Waals surface area contributed by atoms with E-state index in [-0.39, 0.29) is 5.92 Å². The number of aromatic nitrogens is 3. The third-order valence-electron chi connectivity index (χ3n) is 2.46. The second-order valence-electron chi connectivity index (χ2n) is 3.74. The van der Waals surface area contributed by atoms with Gasteiger partial charge in [-0.05, 0) is 12.8 Å². The van der Waals surface area contributed by atoms with Gasteiger partial charge in [-0.1, -0.05) is 24.7 Å². The van der Waals surface area contributed by atoms with E-state index < -0.39 is 15.4 Å². The molecule has 92 valence electrons. The molecular formula is C9H16FN3O2S. The van der Waals surface area contributed by atoms with Crippen LogP contribution < -0.4 is 0 Å². The van der Waals surface area contributed by atoms with Gasteiger partial charge in [-0.25, -0.2) is 0 Å². The highest BCUT2D eigenvalue weighted by Gasteiger charge is 2.25. The van der Waals surface area contributed by atoms with Gasteiger partial charge in [0.1, 0.15) is 5.82 Å².